The number of unbranched alkanes of at least 4 members (excludes halogenated alkanes) is 47. The Hall–Kier alpha value is -1.02. The quantitative estimate of drug-likeness (QED) is 0.0272. The van der Waals surface area contributed by atoms with Crippen molar-refractivity contribution in [1.29, 1.82) is 0 Å². The molecule has 0 aromatic carbocycles. The Balaban J connectivity index is 4.12. The van der Waals surface area contributed by atoms with Gasteiger partial charge in [-0.05, 0) is 32.1 Å². The fraction of sp³-hybridized carbons (Fsp3) is 0.924. The number of nitrogens with one attached hydrogen (secondary N) is 1. The highest BCUT2D eigenvalue weighted by Gasteiger charge is 2.23. The van der Waals surface area contributed by atoms with E-state index >= 15 is 0 Å². The molecule has 0 aromatic rings. The van der Waals surface area contributed by atoms with Crippen LogP contribution in [-0.4, -0.2) is 68.5 Å². The molecule has 9 heteroatoms. The first-order chi connectivity index (χ1) is 36.5. The SMILES string of the molecule is CCCCCCCCCCCCCCCCCCCCCCCCC/C=C/CC/C=C/C(O)C(COP(=O)([O-])OCC[N+](C)(C)C)NC(=O)CCCCCCCCCCCCCCCCCCCCCCCCCC. The van der Waals surface area contributed by atoms with E-state index in [0.29, 0.717) is 17.4 Å². The van der Waals surface area contributed by atoms with Crippen LogP contribution in [0.2, 0.25) is 0 Å². The summed E-state index contributed by atoms with van der Waals surface area (Å²) in [5.41, 5.74) is 0. The van der Waals surface area contributed by atoms with Crippen LogP contribution in [0.3, 0.4) is 0 Å². The number of phosphoric acid groups is 1. The average Bonchev–Trinajstić information content (AvgIpc) is 3.37. The maximum absolute atomic E-state index is 13.0. The summed E-state index contributed by atoms with van der Waals surface area (Å²) in [5, 5.41) is 13.9. The number of amides is 1. The van der Waals surface area contributed by atoms with Crippen molar-refractivity contribution >= 4 is 13.7 Å². The van der Waals surface area contributed by atoms with E-state index in [1.165, 1.54) is 283 Å². The van der Waals surface area contributed by atoms with Crippen molar-refractivity contribution in [3.05, 3.63) is 24.3 Å². The molecular formula is C66H131N2O6P. The smallest absolute Gasteiger partial charge is 0.268 e. The summed E-state index contributed by atoms with van der Waals surface area (Å²) >= 11 is 0. The van der Waals surface area contributed by atoms with Crippen molar-refractivity contribution in [2.75, 3.05) is 40.9 Å². The number of allylic oxidation sites excluding steroid dienone is 3. The predicted molar refractivity (Wildman–Crippen MR) is 325 cm³/mol. The number of hydrogen-bond acceptors (Lipinski definition) is 6. The molecule has 0 heterocycles. The number of carbonyl (C=O) groups is 1. The van der Waals surface area contributed by atoms with Crippen molar-refractivity contribution < 1.29 is 32.9 Å². The summed E-state index contributed by atoms with van der Waals surface area (Å²) in [7, 11) is 1.26. The summed E-state index contributed by atoms with van der Waals surface area (Å²) in [6.07, 6.45) is 74.4. The minimum absolute atomic E-state index is 0.00348. The maximum atomic E-state index is 13.0. The second-order valence-electron chi connectivity index (χ2n) is 24.2. The Morgan fingerprint density at radius 1 is 0.453 bits per heavy atom. The first-order valence-electron chi connectivity index (χ1n) is 33.2. The van der Waals surface area contributed by atoms with Crippen LogP contribution in [0.25, 0.3) is 0 Å². The fourth-order valence-electron chi connectivity index (χ4n) is 10.2. The minimum Gasteiger partial charge on any atom is -0.756 e. The number of carbonyl (C=O) groups excluding carboxylic acids is 1. The number of aliphatic hydroxyl groups excluding tert-OH is 1. The van der Waals surface area contributed by atoms with Crippen LogP contribution in [0.1, 0.15) is 341 Å². The van der Waals surface area contributed by atoms with Crippen LogP contribution in [0, 0.1) is 0 Å². The van der Waals surface area contributed by atoms with Crippen molar-refractivity contribution in [2.24, 2.45) is 0 Å². The van der Waals surface area contributed by atoms with Crippen molar-refractivity contribution in [3.63, 3.8) is 0 Å². The Morgan fingerprint density at radius 3 is 1.08 bits per heavy atom. The van der Waals surface area contributed by atoms with Gasteiger partial charge in [-0.3, -0.25) is 9.36 Å². The third-order valence-electron chi connectivity index (χ3n) is 15.4. The molecule has 3 unspecified atom stereocenters. The fourth-order valence-corrected chi connectivity index (χ4v) is 11.0. The molecule has 8 nitrogen and oxygen atoms in total. The zero-order valence-electron chi connectivity index (χ0n) is 51.0. The van der Waals surface area contributed by atoms with Crippen LogP contribution < -0.4 is 10.2 Å². The van der Waals surface area contributed by atoms with E-state index in [4.69, 9.17) is 9.05 Å². The van der Waals surface area contributed by atoms with Gasteiger partial charge >= 0.3 is 0 Å². The average molecular weight is 1080 g/mol. The van der Waals surface area contributed by atoms with Gasteiger partial charge in [0.05, 0.1) is 39.9 Å². The summed E-state index contributed by atoms with van der Waals surface area (Å²) < 4.78 is 23.4. The topological polar surface area (TPSA) is 108 Å². The lowest BCUT2D eigenvalue weighted by Gasteiger charge is -2.29. The molecule has 0 fully saturated rings. The van der Waals surface area contributed by atoms with Gasteiger partial charge in [0.25, 0.3) is 7.82 Å². The van der Waals surface area contributed by atoms with Crippen molar-refractivity contribution in [1.82, 2.24) is 5.32 Å². The van der Waals surface area contributed by atoms with Crippen LogP contribution >= 0.6 is 7.82 Å². The number of quaternary nitrogens is 1. The van der Waals surface area contributed by atoms with E-state index in [1.54, 1.807) is 6.08 Å². The van der Waals surface area contributed by atoms with Crippen LogP contribution in [-0.2, 0) is 18.4 Å². The molecule has 3 atom stereocenters. The highest BCUT2D eigenvalue weighted by Crippen LogP contribution is 2.38. The molecule has 0 aliphatic heterocycles. The Labute approximate surface area is 468 Å². The van der Waals surface area contributed by atoms with Gasteiger partial charge in [0.2, 0.25) is 5.91 Å². The molecule has 0 spiro atoms. The van der Waals surface area contributed by atoms with Crippen LogP contribution in [0.4, 0.5) is 0 Å². The molecule has 1 amide bonds. The van der Waals surface area contributed by atoms with E-state index in [2.05, 4.69) is 31.3 Å². The van der Waals surface area contributed by atoms with E-state index < -0.39 is 20.0 Å². The molecule has 0 bridgehead atoms. The van der Waals surface area contributed by atoms with Gasteiger partial charge in [-0.2, -0.15) is 0 Å². The maximum Gasteiger partial charge on any atom is 0.268 e. The second kappa shape index (κ2) is 57.7. The van der Waals surface area contributed by atoms with E-state index in [0.717, 1.165) is 38.5 Å². The number of phosphoric ester groups is 1. The molecule has 0 aromatic heterocycles. The largest absolute Gasteiger partial charge is 0.756 e. The van der Waals surface area contributed by atoms with Gasteiger partial charge in [0, 0.05) is 6.42 Å². The Bertz CT molecular complexity index is 1270. The number of nitrogens with zero attached hydrogens (tertiary/aromatic N) is 1. The first kappa shape index (κ1) is 74.0. The predicted octanol–water partition coefficient (Wildman–Crippen LogP) is 20.1. The Kier molecular flexibility index (Phi) is 56.9. The van der Waals surface area contributed by atoms with Gasteiger partial charge in [0.1, 0.15) is 13.2 Å². The number of aliphatic hydroxyl groups is 1. The van der Waals surface area contributed by atoms with Crippen LogP contribution in [0.15, 0.2) is 24.3 Å². The van der Waals surface area contributed by atoms with Crippen LogP contribution in [0.5, 0.6) is 0 Å². The molecule has 0 rings (SSSR count). The van der Waals surface area contributed by atoms with Crippen molar-refractivity contribution in [3.8, 4) is 0 Å². The molecule has 75 heavy (non-hydrogen) atoms. The Morgan fingerprint density at radius 2 is 0.747 bits per heavy atom. The van der Waals surface area contributed by atoms with Gasteiger partial charge < -0.3 is 28.8 Å². The molecule has 0 aliphatic carbocycles. The lowest BCUT2D eigenvalue weighted by molar-refractivity contribution is -0.870. The minimum atomic E-state index is -4.61. The standard InChI is InChI=1S/C66H131N2O6P/c1-6-8-10-12-14-16-18-20-22-24-26-28-30-32-33-34-35-36-37-39-41-43-45-47-49-51-53-55-57-59-65(69)64(63-74-75(71,72)73-62-61-68(3,4)5)67-66(70)60-58-56-54-52-50-48-46-44-42-40-38-31-29-27-25-23-21-19-17-15-13-11-9-7-2/h49,51,57,59,64-65,69H,6-48,50,52-56,58,60-63H2,1-5H3,(H-,67,70,71,72)/b51-49+,59-57+. The normalized spacial score (nSPS) is 13.9. The molecule has 0 radical (unpaired) electrons. The molecule has 0 saturated carbocycles. The number of hydrogen-bond donors (Lipinski definition) is 2. The molecule has 2 N–H and O–H groups in total. The summed E-state index contributed by atoms with van der Waals surface area (Å²) in [5.74, 6) is -0.199. The molecule has 0 aliphatic rings. The van der Waals surface area contributed by atoms with Crippen molar-refractivity contribution in [2.45, 2.75) is 353 Å². The second-order valence-corrected chi connectivity index (χ2v) is 25.6. The first-order valence-corrected chi connectivity index (χ1v) is 34.7. The van der Waals surface area contributed by atoms with E-state index in [1.807, 2.05) is 27.2 Å². The van der Waals surface area contributed by atoms with E-state index in [9.17, 15) is 19.4 Å². The van der Waals surface area contributed by atoms with Gasteiger partial charge in [0.15, 0.2) is 0 Å². The number of likely N-dealkylation sites (N-methyl/N-ethyl adjacent to an activating group) is 1. The van der Waals surface area contributed by atoms with Gasteiger partial charge in [-0.15, -0.1) is 0 Å². The number of rotatable bonds is 62. The third kappa shape index (κ3) is 60.5. The zero-order chi connectivity index (χ0) is 54.9. The van der Waals surface area contributed by atoms with Gasteiger partial charge in [-0.1, -0.05) is 327 Å². The summed E-state index contributed by atoms with van der Waals surface area (Å²) in [4.78, 5) is 25.6. The van der Waals surface area contributed by atoms with E-state index in [-0.39, 0.29) is 19.1 Å². The summed E-state index contributed by atoms with van der Waals surface area (Å²) in [6, 6.07) is -0.901. The van der Waals surface area contributed by atoms with Gasteiger partial charge in [-0.25, -0.2) is 0 Å². The molecular weight excluding hydrogens is 948 g/mol. The zero-order valence-corrected chi connectivity index (χ0v) is 51.9. The highest BCUT2D eigenvalue weighted by atomic mass is 31.2. The lowest BCUT2D eigenvalue weighted by Crippen LogP contribution is -2.45. The molecule has 446 valence electrons. The lowest BCUT2D eigenvalue weighted by atomic mass is 10.0. The monoisotopic (exact) mass is 1080 g/mol. The summed E-state index contributed by atoms with van der Waals surface area (Å²) in [6.45, 7) is 4.69. The highest BCUT2D eigenvalue weighted by molar-refractivity contribution is 7.45. The third-order valence-corrected chi connectivity index (χ3v) is 16.4. The molecule has 0 saturated heterocycles.